The fourth-order valence-corrected chi connectivity index (χ4v) is 2.54. The molecule has 0 aromatic heterocycles. The molecule has 106 valence electrons. The average molecular weight is 288 g/mol. The Morgan fingerprint density at radius 2 is 1.60 bits per heavy atom. The largest absolute Gasteiger partial charge is 0.324 e. The van der Waals surface area contributed by atoms with Crippen LogP contribution in [-0.4, -0.2) is 0 Å². The van der Waals surface area contributed by atoms with Crippen LogP contribution in [-0.2, 0) is 6.42 Å². The van der Waals surface area contributed by atoms with E-state index >= 15 is 0 Å². The zero-order valence-corrected chi connectivity index (χ0v) is 12.9. The lowest BCUT2D eigenvalue weighted by molar-refractivity contribution is 0.712. The van der Waals surface area contributed by atoms with Gasteiger partial charge in [0.25, 0.3) is 0 Å². The summed E-state index contributed by atoms with van der Waals surface area (Å²) in [7, 11) is 0. The number of nitrogens with two attached hydrogens (primary N) is 1. The Morgan fingerprint density at radius 3 is 2.20 bits per heavy atom. The van der Waals surface area contributed by atoms with E-state index in [9.17, 15) is 0 Å². The van der Waals surface area contributed by atoms with Gasteiger partial charge in [-0.3, -0.25) is 0 Å². The highest BCUT2D eigenvalue weighted by Crippen LogP contribution is 2.24. The van der Waals surface area contributed by atoms with Crippen molar-refractivity contribution in [3.8, 4) is 0 Å². The number of halogens is 1. The highest BCUT2D eigenvalue weighted by Gasteiger charge is 2.10. The molecule has 0 aliphatic carbocycles. The van der Waals surface area contributed by atoms with E-state index < -0.39 is 0 Å². The smallest absolute Gasteiger partial charge is 0.0438 e. The summed E-state index contributed by atoms with van der Waals surface area (Å²) in [5, 5.41) is 0.791. The fraction of sp³-hybridized carbons (Fsp3) is 0.333. The van der Waals surface area contributed by atoms with Crippen LogP contribution in [0.3, 0.4) is 0 Å². The third-order valence-corrected chi connectivity index (χ3v) is 4.31. The van der Waals surface area contributed by atoms with Crippen LogP contribution < -0.4 is 5.73 Å². The molecular formula is C18H22ClN. The van der Waals surface area contributed by atoms with Crippen molar-refractivity contribution in [3.63, 3.8) is 0 Å². The third kappa shape index (κ3) is 3.62. The molecule has 2 N–H and O–H groups in total. The minimum absolute atomic E-state index is 0.0131. The van der Waals surface area contributed by atoms with E-state index in [1.807, 2.05) is 24.3 Å². The number of hydrogen-bond donors (Lipinski definition) is 1. The van der Waals surface area contributed by atoms with Crippen molar-refractivity contribution >= 4 is 11.6 Å². The van der Waals surface area contributed by atoms with Crippen molar-refractivity contribution < 1.29 is 0 Å². The lowest BCUT2D eigenvalue weighted by Gasteiger charge is -2.15. The minimum Gasteiger partial charge on any atom is -0.324 e. The van der Waals surface area contributed by atoms with Crippen molar-refractivity contribution in [2.24, 2.45) is 5.73 Å². The molecular weight excluding hydrogens is 266 g/mol. The number of rotatable bonds is 5. The zero-order valence-electron chi connectivity index (χ0n) is 12.1. The van der Waals surface area contributed by atoms with E-state index in [1.165, 1.54) is 5.56 Å². The molecule has 0 saturated heterocycles. The Labute approximate surface area is 126 Å². The van der Waals surface area contributed by atoms with Gasteiger partial charge in [0.1, 0.15) is 0 Å². The molecule has 2 heteroatoms. The van der Waals surface area contributed by atoms with Gasteiger partial charge in [-0.25, -0.2) is 0 Å². The van der Waals surface area contributed by atoms with Crippen LogP contribution in [0.5, 0.6) is 0 Å². The lowest BCUT2D eigenvalue weighted by Crippen LogP contribution is -2.13. The molecule has 0 aliphatic heterocycles. The molecule has 0 saturated carbocycles. The second kappa shape index (κ2) is 6.92. The SMILES string of the molecule is CCC(C)c1ccc(C(N)Cc2ccccc2Cl)cc1. The molecule has 0 spiro atoms. The quantitative estimate of drug-likeness (QED) is 0.814. The third-order valence-electron chi connectivity index (χ3n) is 3.94. The van der Waals surface area contributed by atoms with Gasteiger partial charge in [-0.1, -0.05) is 67.9 Å². The monoisotopic (exact) mass is 287 g/mol. The van der Waals surface area contributed by atoms with Gasteiger partial charge in [0.15, 0.2) is 0 Å². The van der Waals surface area contributed by atoms with Crippen LogP contribution in [0.25, 0.3) is 0 Å². The predicted molar refractivity (Wildman–Crippen MR) is 87.2 cm³/mol. The van der Waals surface area contributed by atoms with Crippen LogP contribution in [0.15, 0.2) is 48.5 Å². The van der Waals surface area contributed by atoms with Crippen molar-refractivity contribution in [1.29, 1.82) is 0 Å². The first-order valence-electron chi connectivity index (χ1n) is 7.20. The maximum Gasteiger partial charge on any atom is 0.0438 e. The van der Waals surface area contributed by atoms with E-state index in [-0.39, 0.29) is 6.04 Å². The Kier molecular flexibility index (Phi) is 5.22. The first kappa shape index (κ1) is 15.1. The van der Waals surface area contributed by atoms with Crippen LogP contribution in [0, 0.1) is 0 Å². The molecule has 2 aromatic rings. The van der Waals surface area contributed by atoms with Crippen molar-refractivity contribution in [3.05, 3.63) is 70.2 Å². The van der Waals surface area contributed by atoms with Crippen molar-refractivity contribution in [1.82, 2.24) is 0 Å². The summed E-state index contributed by atoms with van der Waals surface area (Å²) in [4.78, 5) is 0. The van der Waals surface area contributed by atoms with Gasteiger partial charge in [0, 0.05) is 11.1 Å². The second-order valence-corrected chi connectivity index (χ2v) is 5.79. The van der Waals surface area contributed by atoms with E-state index in [2.05, 4.69) is 38.1 Å². The Morgan fingerprint density at radius 1 is 1.00 bits per heavy atom. The molecule has 20 heavy (non-hydrogen) atoms. The van der Waals surface area contributed by atoms with Crippen LogP contribution >= 0.6 is 11.6 Å². The van der Waals surface area contributed by atoms with Gasteiger partial charge in [-0.05, 0) is 41.5 Å². The Hall–Kier alpha value is -1.31. The highest BCUT2D eigenvalue weighted by atomic mass is 35.5. The normalized spacial score (nSPS) is 14.0. The van der Waals surface area contributed by atoms with Crippen molar-refractivity contribution in [2.75, 3.05) is 0 Å². The van der Waals surface area contributed by atoms with E-state index in [1.54, 1.807) is 0 Å². The summed E-state index contributed by atoms with van der Waals surface area (Å²) in [5.74, 6) is 0.601. The Balaban J connectivity index is 2.10. The van der Waals surface area contributed by atoms with Gasteiger partial charge in [0.2, 0.25) is 0 Å². The average Bonchev–Trinajstić information content (AvgIpc) is 2.49. The highest BCUT2D eigenvalue weighted by molar-refractivity contribution is 6.31. The van der Waals surface area contributed by atoms with Crippen LogP contribution in [0.4, 0.5) is 0 Å². The number of benzene rings is 2. The molecule has 0 amide bonds. The van der Waals surface area contributed by atoms with Crippen LogP contribution in [0.2, 0.25) is 5.02 Å². The van der Waals surface area contributed by atoms with Gasteiger partial charge in [0.05, 0.1) is 0 Å². The molecule has 0 bridgehead atoms. The minimum atomic E-state index is -0.0131. The predicted octanol–water partition coefficient (Wildman–Crippen LogP) is 5.10. The first-order chi connectivity index (χ1) is 9.61. The van der Waals surface area contributed by atoms with Crippen LogP contribution in [0.1, 0.15) is 48.9 Å². The molecule has 1 nitrogen and oxygen atoms in total. The second-order valence-electron chi connectivity index (χ2n) is 5.38. The fourth-order valence-electron chi connectivity index (χ4n) is 2.33. The topological polar surface area (TPSA) is 26.0 Å². The van der Waals surface area contributed by atoms with Gasteiger partial charge in [-0.15, -0.1) is 0 Å². The van der Waals surface area contributed by atoms with E-state index in [0.717, 1.165) is 29.0 Å². The number of hydrogen-bond acceptors (Lipinski definition) is 1. The molecule has 0 radical (unpaired) electrons. The molecule has 2 rings (SSSR count). The molecule has 2 atom stereocenters. The maximum atomic E-state index is 6.30. The molecule has 2 aromatic carbocycles. The van der Waals surface area contributed by atoms with Gasteiger partial charge >= 0.3 is 0 Å². The molecule has 0 fully saturated rings. The van der Waals surface area contributed by atoms with E-state index in [0.29, 0.717) is 5.92 Å². The summed E-state index contributed by atoms with van der Waals surface area (Å²) in [5.41, 5.74) is 9.94. The zero-order chi connectivity index (χ0) is 14.5. The molecule has 0 aliphatic rings. The summed E-state index contributed by atoms with van der Waals surface area (Å²) in [6.07, 6.45) is 1.92. The standard InChI is InChI=1S/C18H22ClN/c1-3-13(2)14-8-10-15(11-9-14)18(20)12-16-6-4-5-7-17(16)19/h4-11,13,18H,3,12,20H2,1-2H3. The van der Waals surface area contributed by atoms with Gasteiger partial charge in [-0.2, -0.15) is 0 Å². The summed E-state index contributed by atoms with van der Waals surface area (Å²) < 4.78 is 0. The maximum absolute atomic E-state index is 6.30. The summed E-state index contributed by atoms with van der Waals surface area (Å²) in [6, 6.07) is 16.5. The lowest BCUT2D eigenvalue weighted by atomic mass is 9.94. The van der Waals surface area contributed by atoms with Crippen molar-refractivity contribution in [2.45, 2.75) is 38.6 Å². The summed E-state index contributed by atoms with van der Waals surface area (Å²) >= 11 is 6.19. The summed E-state index contributed by atoms with van der Waals surface area (Å²) in [6.45, 7) is 4.46. The molecule has 0 heterocycles. The van der Waals surface area contributed by atoms with E-state index in [4.69, 9.17) is 17.3 Å². The van der Waals surface area contributed by atoms with Gasteiger partial charge < -0.3 is 5.73 Å². The first-order valence-corrected chi connectivity index (χ1v) is 7.58. The Bertz CT molecular complexity index is 548. The molecule has 2 unspecified atom stereocenters.